The van der Waals surface area contributed by atoms with E-state index in [-0.39, 0.29) is 30.6 Å². The second kappa shape index (κ2) is 12.3. The van der Waals surface area contributed by atoms with E-state index in [1.165, 1.54) is 0 Å². The van der Waals surface area contributed by atoms with Crippen molar-refractivity contribution in [2.45, 2.75) is 71.8 Å². The Labute approximate surface area is 196 Å². The van der Waals surface area contributed by atoms with Crippen LogP contribution in [0.25, 0.3) is 0 Å². The molecule has 1 aliphatic heterocycles. The van der Waals surface area contributed by atoms with E-state index in [1.807, 2.05) is 77.1 Å². The molecule has 0 saturated carbocycles. The third kappa shape index (κ3) is 9.55. The Kier molecular flexibility index (Phi) is 9.75. The molecular formula is C25H37N3O5. The zero-order valence-corrected chi connectivity index (χ0v) is 20.3. The van der Waals surface area contributed by atoms with Gasteiger partial charge in [0.15, 0.2) is 0 Å². The van der Waals surface area contributed by atoms with E-state index in [1.54, 1.807) is 4.90 Å². The highest BCUT2D eigenvalue weighted by atomic mass is 16.6. The smallest absolute Gasteiger partial charge is 0.411 e. The number of ether oxygens (including phenoxy) is 2. The van der Waals surface area contributed by atoms with Gasteiger partial charge in [0, 0.05) is 13.1 Å². The van der Waals surface area contributed by atoms with Gasteiger partial charge in [-0.05, 0) is 45.1 Å². The minimum absolute atomic E-state index is 0.136. The van der Waals surface area contributed by atoms with E-state index < -0.39 is 17.7 Å². The minimum Gasteiger partial charge on any atom is -0.445 e. The number of rotatable bonds is 9. The van der Waals surface area contributed by atoms with E-state index in [2.05, 4.69) is 10.6 Å². The summed E-state index contributed by atoms with van der Waals surface area (Å²) in [6.45, 7) is 10.4. The van der Waals surface area contributed by atoms with Gasteiger partial charge >= 0.3 is 12.2 Å². The van der Waals surface area contributed by atoms with Crippen LogP contribution in [0.5, 0.6) is 0 Å². The van der Waals surface area contributed by atoms with Crippen LogP contribution < -0.4 is 10.6 Å². The van der Waals surface area contributed by atoms with Crippen molar-refractivity contribution in [3.05, 3.63) is 48.0 Å². The monoisotopic (exact) mass is 459 g/mol. The molecular weight excluding hydrogens is 422 g/mol. The molecule has 1 heterocycles. The van der Waals surface area contributed by atoms with Crippen molar-refractivity contribution in [1.82, 2.24) is 15.5 Å². The molecule has 0 saturated heterocycles. The molecule has 1 aromatic carbocycles. The number of hydrogen-bond acceptors (Lipinski definition) is 5. The highest BCUT2D eigenvalue weighted by Gasteiger charge is 2.29. The molecule has 33 heavy (non-hydrogen) atoms. The van der Waals surface area contributed by atoms with Gasteiger partial charge in [-0.25, -0.2) is 9.59 Å². The number of hydrogen-bond donors (Lipinski definition) is 2. The van der Waals surface area contributed by atoms with Crippen LogP contribution in [-0.2, 0) is 20.9 Å². The summed E-state index contributed by atoms with van der Waals surface area (Å²) in [6, 6.07) is 8.51. The van der Waals surface area contributed by atoms with Crippen molar-refractivity contribution in [2.75, 3.05) is 13.1 Å². The first-order valence-corrected chi connectivity index (χ1v) is 11.5. The molecule has 8 nitrogen and oxygen atoms in total. The Morgan fingerprint density at radius 2 is 1.85 bits per heavy atom. The van der Waals surface area contributed by atoms with Crippen molar-refractivity contribution < 1.29 is 23.9 Å². The van der Waals surface area contributed by atoms with Crippen LogP contribution in [-0.4, -0.2) is 53.8 Å². The number of nitrogens with one attached hydrogen (secondary N) is 2. The average molecular weight is 460 g/mol. The van der Waals surface area contributed by atoms with Crippen LogP contribution in [0.1, 0.15) is 53.0 Å². The van der Waals surface area contributed by atoms with Crippen LogP contribution in [0.3, 0.4) is 0 Å². The molecule has 1 aliphatic rings. The van der Waals surface area contributed by atoms with Gasteiger partial charge in [-0.3, -0.25) is 9.69 Å². The summed E-state index contributed by atoms with van der Waals surface area (Å²) in [5.41, 5.74) is 0.306. The summed E-state index contributed by atoms with van der Waals surface area (Å²) >= 11 is 0. The van der Waals surface area contributed by atoms with Crippen molar-refractivity contribution in [3.8, 4) is 0 Å². The van der Waals surface area contributed by atoms with Crippen LogP contribution >= 0.6 is 0 Å². The minimum atomic E-state index is -0.700. The zero-order valence-electron chi connectivity index (χ0n) is 20.3. The lowest BCUT2D eigenvalue weighted by atomic mass is 10.0. The Morgan fingerprint density at radius 3 is 2.48 bits per heavy atom. The van der Waals surface area contributed by atoms with Crippen LogP contribution in [0, 0.1) is 5.92 Å². The van der Waals surface area contributed by atoms with E-state index in [4.69, 9.17) is 9.47 Å². The van der Waals surface area contributed by atoms with E-state index >= 15 is 0 Å². The highest BCUT2D eigenvalue weighted by molar-refractivity contribution is 5.85. The van der Waals surface area contributed by atoms with Gasteiger partial charge in [0.25, 0.3) is 0 Å². The molecule has 3 amide bonds. The molecule has 2 atom stereocenters. The van der Waals surface area contributed by atoms with Gasteiger partial charge in [-0.15, -0.1) is 0 Å². The normalized spacial score (nSPS) is 16.4. The Bertz CT molecular complexity index is 817. The topological polar surface area (TPSA) is 97.0 Å². The second-order valence-electron chi connectivity index (χ2n) is 9.60. The summed E-state index contributed by atoms with van der Waals surface area (Å²) in [5, 5.41) is 5.56. The van der Waals surface area contributed by atoms with Gasteiger partial charge in [-0.1, -0.05) is 56.3 Å². The highest BCUT2D eigenvalue weighted by Crippen LogP contribution is 2.18. The molecule has 8 heteroatoms. The number of carbonyl (C=O) groups excluding carboxylic acids is 3. The fraction of sp³-hybridized carbons (Fsp3) is 0.560. The zero-order chi connectivity index (χ0) is 24.4. The lowest BCUT2D eigenvalue weighted by Crippen LogP contribution is -2.48. The average Bonchev–Trinajstić information content (AvgIpc) is 3.19. The van der Waals surface area contributed by atoms with Gasteiger partial charge in [0.2, 0.25) is 5.91 Å². The number of alkyl carbamates (subject to hydrolysis) is 1. The van der Waals surface area contributed by atoms with Gasteiger partial charge in [0.1, 0.15) is 18.2 Å². The predicted octanol–water partition coefficient (Wildman–Crippen LogP) is 4.01. The lowest BCUT2D eigenvalue weighted by Gasteiger charge is -2.28. The van der Waals surface area contributed by atoms with Crippen molar-refractivity contribution in [3.63, 3.8) is 0 Å². The summed E-state index contributed by atoms with van der Waals surface area (Å²) < 4.78 is 10.7. The summed E-state index contributed by atoms with van der Waals surface area (Å²) in [5.74, 6) is -0.0678. The summed E-state index contributed by atoms with van der Waals surface area (Å²) in [6.07, 6.45) is 3.90. The molecule has 0 aromatic heterocycles. The van der Waals surface area contributed by atoms with E-state index in [0.29, 0.717) is 25.9 Å². The number of benzene rings is 1. The fourth-order valence-corrected chi connectivity index (χ4v) is 3.43. The van der Waals surface area contributed by atoms with Gasteiger partial charge < -0.3 is 20.1 Å². The molecule has 0 radical (unpaired) electrons. The first-order chi connectivity index (χ1) is 15.5. The van der Waals surface area contributed by atoms with Crippen LogP contribution in [0.4, 0.5) is 9.59 Å². The molecule has 2 rings (SSSR count). The van der Waals surface area contributed by atoms with Crippen molar-refractivity contribution >= 4 is 18.1 Å². The standard InChI is InChI=1S/C25H37N3O5/c1-18(2)16-21(27-23(30)32-17-19-10-7-6-8-11-19)22(29)26-14-13-20-12-9-15-28(20)24(31)33-25(3,4)5/h6-12,18,20-21H,13-17H2,1-5H3,(H,26,29)(H,27,30)/t20-,21-/m0/s1. The maximum atomic E-state index is 12.8. The van der Waals surface area contributed by atoms with E-state index in [9.17, 15) is 14.4 Å². The van der Waals surface area contributed by atoms with Gasteiger partial charge in [-0.2, -0.15) is 0 Å². The summed E-state index contributed by atoms with van der Waals surface area (Å²) in [4.78, 5) is 39.0. The van der Waals surface area contributed by atoms with Gasteiger partial charge in [0.05, 0.1) is 6.04 Å². The third-order valence-electron chi connectivity index (χ3n) is 4.96. The molecule has 0 bridgehead atoms. The van der Waals surface area contributed by atoms with Crippen LogP contribution in [0.15, 0.2) is 42.5 Å². The molecule has 0 spiro atoms. The first-order valence-electron chi connectivity index (χ1n) is 11.5. The quantitative estimate of drug-likeness (QED) is 0.544. The number of nitrogens with zero attached hydrogens (tertiary/aromatic N) is 1. The van der Waals surface area contributed by atoms with Crippen LogP contribution in [0.2, 0.25) is 0 Å². The molecule has 2 N–H and O–H groups in total. The van der Waals surface area contributed by atoms with E-state index in [0.717, 1.165) is 5.56 Å². The molecule has 1 aromatic rings. The third-order valence-corrected chi connectivity index (χ3v) is 4.96. The maximum Gasteiger partial charge on any atom is 0.411 e. The van der Waals surface area contributed by atoms with Crippen molar-refractivity contribution in [1.29, 1.82) is 0 Å². The predicted molar refractivity (Wildman–Crippen MR) is 127 cm³/mol. The molecule has 182 valence electrons. The Morgan fingerprint density at radius 1 is 1.15 bits per heavy atom. The largest absolute Gasteiger partial charge is 0.445 e. The maximum absolute atomic E-state index is 12.8. The number of amides is 3. The molecule has 0 fully saturated rings. The SMILES string of the molecule is CC(C)C[C@H](NC(=O)OCc1ccccc1)C(=O)NCC[C@@H]1C=CCN1C(=O)OC(C)(C)C. The fourth-order valence-electron chi connectivity index (χ4n) is 3.43. The summed E-state index contributed by atoms with van der Waals surface area (Å²) in [7, 11) is 0. The van der Waals surface area contributed by atoms with Crippen molar-refractivity contribution in [2.24, 2.45) is 5.92 Å². The molecule has 0 aliphatic carbocycles. The number of carbonyl (C=O) groups is 3. The second-order valence-corrected chi connectivity index (χ2v) is 9.60. The Hall–Kier alpha value is -3.03. The Balaban J connectivity index is 1.83. The first kappa shape index (κ1) is 26.2. The lowest BCUT2D eigenvalue weighted by molar-refractivity contribution is -0.123. The molecule has 0 unspecified atom stereocenters.